The van der Waals surface area contributed by atoms with Crippen LogP contribution in [-0.4, -0.2) is 39.5 Å². The molecule has 6 unspecified atom stereocenters. The van der Waals surface area contributed by atoms with Crippen molar-refractivity contribution < 1.29 is 37.2 Å². The number of carbonyl (C=O) groups is 3. The molecule has 3 heterocycles. The van der Waals surface area contributed by atoms with Crippen molar-refractivity contribution in [3.05, 3.63) is 109 Å². The molecule has 0 radical (unpaired) electrons. The van der Waals surface area contributed by atoms with Crippen LogP contribution in [-0.2, 0) is 20.6 Å². The minimum Gasteiger partial charge on any atom is -0.483 e. The van der Waals surface area contributed by atoms with E-state index >= 15 is 0 Å². The number of thiazole rings is 1. The third-order valence-corrected chi connectivity index (χ3v) is 12.7. The second-order valence-corrected chi connectivity index (χ2v) is 14.9. The smallest absolute Gasteiger partial charge is 0.416 e. The SMILES string of the molecule is O=C(COc1ccccc1[C@H]1c2sc(=O)[nH]c2SC2C3CC(C4C(=O)N(c5ccc([N+](=O)[O-])cc5)C(=O)C34)C21)Nc1cccc(C(F)(F)F)c1. The third kappa shape index (κ3) is 5.19. The highest BCUT2D eigenvalue weighted by molar-refractivity contribution is 8.00. The molecule has 256 valence electrons. The van der Waals surface area contributed by atoms with E-state index in [2.05, 4.69) is 10.3 Å². The molecule has 4 aliphatic rings. The molecule has 11 nitrogen and oxygen atoms in total. The second kappa shape index (κ2) is 11.8. The van der Waals surface area contributed by atoms with Gasteiger partial charge in [-0.2, -0.15) is 13.2 Å². The molecule has 2 aliphatic carbocycles. The van der Waals surface area contributed by atoms with Gasteiger partial charge in [0.15, 0.2) is 6.61 Å². The first-order valence-corrected chi connectivity index (χ1v) is 17.3. The first-order valence-electron chi connectivity index (χ1n) is 15.6. The molecule has 8 rings (SSSR count). The molecule has 3 aromatic carbocycles. The number of nitro groups is 1. The zero-order valence-electron chi connectivity index (χ0n) is 25.6. The van der Waals surface area contributed by atoms with Crippen molar-refractivity contribution in [3.8, 4) is 5.75 Å². The summed E-state index contributed by atoms with van der Waals surface area (Å²) in [6.45, 7) is -0.507. The lowest BCUT2D eigenvalue weighted by Gasteiger charge is -2.43. The minimum absolute atomic E-state index is 0.0364. The van der Waals surface area contributed by atoms with Crippen LogP contribution in [0, 0.1) is 39.7 Å². The van der Waals surface area contributed by atoms with Crippen LogP contribution in [0.15, 0.2) is 82.6 Å². The fourth-order valence-electron chi connectivity index (χ4n) is 8.33. The molecule has 50 heavy (non-hydrogen) atoms. The standard InChI is InChI=1S/C34H25F3N4O7S2/c35-34(36,37)15-4-3-5-16(12-15)38-23(42)14-48-22-7-2-1-6-19(22)24-25-20-13-21(28(25)49-30-29(24)50-33(45)39-30)27-26(20)31(43)40(32(27)44)17-8-10-18(11-9-17)41(46)47/h1-12,20-21,24-28H,13-14H2,(H,38,42)(H,39,45)/t20?,21?,24-,25?,26?,27?,28?/m1/s1. The Kier molecular flexibility index (Phi) is 7.63. The quantitative estimate of drug-likeness (QED) is 0.133. The van der Waals surface area contributed by atoms with Crippen LogP contribution >= 0.6 is 23.1 Å². The number of hydrogen-bond acceptors (Lipinski definition) is 9. The lowest BCUT2D eigenvalue weighted by atomic mass is 9.68. The highest BCUT2D eigenvalue weighted by Gasteiger charge is 2.70. The minimum atomic E-state index is -4.58. The number of non-ortho nitro benzene ring substituents is 1. The van der Waals surface area contributed by atoms with Crippen molar-refractivity contribution >= 4 is 57.9 Å². The summed E-state index contributed by atoms with van der Waals surface area (Å²) < 4.78 is 45.5. The number of para-hydroxylation sites is 1. The van der Waals surface area contributed by atoms with Gasteiger partial charge in [-0.1, -0.05) is 35.6 Å². The van der Waals surface area contributed by atoms with Gasteiger partial charge in [0.05, 0.1) is 33.0 Å². The number of aromatic amines is 1. The van der Waals surface area contributed by atoms with Crippen molar-refractivity contribution in [2.24, 2.45) is 29.6 Å². The van der Waals surface area contributed by atoms with E-state index in [0.717, 1.165) is 33.2 Å². The number of anilines is 2. The molecule has 1 aromatic heterocycles. The van der Waals surface area contributed by atoms with E-state index < -0.39 is 46.9 Å². The van der Waals surface area contributed by atoms with E-state index in [0.29, 0.717) is 22.8 Å². The number of aromatic nitrogens is 1. The number of thioether (sulfide) groups is 1. The number of nitro benzene ring substituents is 1. The van der Waals surface area contributed by atoms with Gasteiger partial charge in [0, 0.05) is 39.4 Å². The lowest BCUT2D eigenvalue weighted by molar-refractivity contribution is -0.384. The highest BCUT2D eigenvalue weighted by atomic mass is 32.2. The summed E-state index contributed by atoms with van der Waals surface area (Å²) in [7, 11) is 0. The van der Waals surface area contributed by atoms with Crippen LogP contribution in [0.3, 0.4) is 0 Å². The van der Waals surface area contributed by atoms with Crippen LogP contribution in [0.1, 0.15) is 28.3 Å². The van der Waals surface area contributed by atoms with Gasteiger partial charge in [-0.25, -0.2) is 0 Å². The number of alkyl halides is 3. The molecule has 4 aromatic rings. The van der Waals surface area contributed by atoms with Crippen LogP contribution in [0.4, 0.5) is 30.2 Å². The van der Waals surface area contributed by atoms with Gasteiger partial charge in [-0.05, 0) is 60.6 Å². The monoisotopic (exact) mass is 722 g/mol. The van der Waals surface area contributed by atoms with Crippen molar-refractivity contribution in [1.29, 1.82) is 0 Å². The third-order valence-electron chi connectivity index (χ3n) is 10.1. The highest BCUT2D eigenvalue weighted by Crippen LogP contribution is 2.69. The van der Waals surface area contributed by atoms with Gasteiger partial charge in [0.1, 0.15) is 5.75 Å². The predicted octanol–water partition coefficient (Wildman–Crippen LogP) is 6.06. The average Bonchev–Trinajstić information content (AvgIpc) is 3.82. The predicted molar refractivity (Wildman–Crippen MR) is 176 cm³/mol. The van der Waals surface area contributed by atoms with Crippen LogP contribution in [0.5, 0.6) is 5.75 Å². The van der Waals surface area contributed by atoms with Crippen molar-refractivity contribution in [3.63, 3.8) is 0 Å². The molecule has 2 N–H and O–H groups in total. The zero-order valence-corrected chi connectivity index (χ0v) is 27.2. The lowest BCUT2D eigenvalue weighted by Crippen LogP contribution is -2.42. The van der Waals surface area contributed by atoms with Gasteiger partial charge in [-0.15, -0.1) is 11.8 Å². The number of carbonyl (C=O) groups excluding carboxylic acids is 3. The first kappa shape index (κ1) is 32.3. The number of hydrogen-bond donors (Lipinski definition) is 2. The fraction of sp³-hybridized carbons (Fsp3) is 0.294. The number of H-pyrrole nitrogens is 1. The summed E-state index contributed by atoms with van der Waals surface area (Å²) in [6.07, 6.45) is -3.95. The molecule has 3 fully saturated rings. The number of rotatable bonds is 7. The zero-order chi connectivity index (χ0) is 35.1. The molecule has 16 heteroatoms. The Morgan fingerprint density at radius 3 is 2.44 bits per heavy atom. The fourth-order valence-corrected chi connectivity index (χ4v) is 11.2. The number of fused-ring (bicyclic) bond motifs is 9. The van der Waals surface area contributed by atoms with Gasteiger partial charge in [-0.3, -0.25) is 34.2 Å². The summed E-state index contributed by atoms with van der Waals surface area (Å²) in [4.78, 5) is 68.7. The number of imide groups is 1. The summed E-state index contributed by atoms with van der Waals surface area (Å²) in [5.41, 5.74) is -0.145. The normalized spacial score (nSPS) is 26.4. The van der Waals surface area contributed by atoms with E-state index in [1.807, 2.05) is 6.07 Å². The first-order chi connectivity index (χ1) is 23.9. The van der Waals surface area contributed by atoms with Crippen LogP contribution in [0.25, 0.3) is 0 Å². The Morgan fingerprint density at radius 2 is 1.72 bits per heavy atom. The maximum absolute atomic E-state index is 14.0. The molecular weight excluding hydrogens is 698 g/mol. The maximum atomic E-state index is 14.0. The van der Waals surface area contributed by atoms with E-state index in [1.54, 1.807) is 18.2 Å². The summed E-state index contributed by atoms with van der Waals surface area (Å²) in [5.74, 6) is -3.21. The number of amides is 3. The van der Waals surface area contributed by atoms with Gasteiger partial charge in [0.25, 0.3) is 11.6 Å². The number of ether oxygens (including phenoxy) is 1. The maximum Gasteiger partial charge on any atom is 0.416 e. The topological polar surface area (TPSA) is 152 Å². The molecule has 2 saturated carbocycles. The van der Waals surface area contributed by atoms with E-state index in [-0.39, 0.29) is 56.8 Å². The second-order valence-electron chi connectivity index (χ2n) is 12.7. The van der Waals surface area contributed by atoms with Crippen LogP contribution in [0.2, 0.25) is 0 Å². The van der Waals surface area contributed by atoms with E-state index in [1.165, 1.54) is 48.2 Å². The van der Waals surface area contributed by atoms with Gasteiger partial charge in [0.2, 0.25) is 11.8 Å². The van der Waals surface area contributed by atoms with E-state index in [9.17, 15) is 42.5 Å². The Bertz CT molecular complexity index is 2140. The van der Waals surface area contributed by atoms with Crippen molar-refractivity contribution in [1.82, 2.24) is 4.98 Å². The van der Waals surface area contributed by atoms with Crippen molar-refractivity contribution in [2.75, 3.05) is 16.8 Å². The molecule has 2 aliphatic heterocycles. The molecule has 1 saturated heterocycles. The Labute approximate surface area is 289 Å². The molecule has 7 atom stereocenters. The number of benzene rings is 3. The number of nitrogens with zero attached hydrogens (tertiary/aromatic N) is 2. The molecule has 3 amide bonds. The Balaban J connectivity index is 1.09. The molecule has 2 bridgehead atoms. The molecular formula is C34H25F3N4O7S2. The van der Waals surface area contributed by atoms with Gasteiger partial charge >= 0.3 is 11.0 Å². The van der Waals surface area contributed by atoms with Crippen LogP contribution < -0.4 is 19.8 Å². The number of halogens is 3. The van der Waals surface area contributed by atoms with E-state index in [4.69, 9.17) is 4.74 Å². The Hall–Kier alpha value is -4.96. The summed E-state index contributed by atoms with van der Waals surface area (Å²) >= 11 is 2.56. The largest absolute Gasteiger partial charge is 0.483 e. The summed E-state index contributed by atoms with van der Waals surface area (Å²) in [5, 5.41) is 14.2. The Morgan fingerprint density at radius 1 is 1.00 bits per heavy atom. The molecule has 0 spiro atoms. The summed E-state index contributed by atoms with van der Waals surface area (Å²) in [6, 6.07) is 16.6. The number of nitrogens with one attached hydrogen (secondary N) is 2. The van der Waals surface area contributed by atoms with Gasteiger partial charge < -0.3 is 15.0 Å². The average molecular weight is 723 g/mol. The van der Waals surface area contributed by atoms with Crippen molar-refractivity contribution in [2.45, 2.75) is 28.8 Å².